The average Bonchev–Trinajstić information content (AvgIpc) is 2.96. The summed E-state index contributed by atoms with van der Waals surface area (Å²) >= 11 is 6.14. The van der Waals surface area contributed by atoms with E-state index >= 15 is 0 Å². The third kappa shape index (κ3) is 5.25. The molecule has 0 bridgehead atoms. The molecule has 25 heavy (non-hydrogen) atoms. The van der Waals surface area contributed by atoms with Crippen molar-refractivity contribution in [1.29, 1.82) is 0 Å². The molecule has 1 N–H and O–H groups in total. The van der Waals surface area contributed by atoms with E-state index in [9.17, 15) is 4.79 Å². The van der Waals surface area contributed by atoms with Gasteiger partial charge in [0.2, 0.25) is 0 Å². The van der Waals surface area contributed by atoms with Crippen molar-refractivity contribution in [3.05, 3.63) is 51.9 Å². The molecule has 2 rings (SSSR count). The number of hydrogen-bond acceptors (Lipinski definition) is 4. The predicted octanol–water partition coefficient (Wildman–Crippen LogP) is 3.66. The first-order valence-corrected chi connectivity index (χ1v) is 8.54. The molecule has 0 aliphatic carbocycles. The maximum atomic E-state index is 12.1. The van der Waals surface area contributed by atoms with Crippen molar-refractivity contribution in [2.75, 3.05) is 27.2 Å². The molecule has 5 nitrogen and oxygen atoms in total. The van der Waals surface area contributed by atoms with Crippen LogP contribution >= 0.6 is 11.6 Å². The highest BCUT2D eigenvalue weighted by Gasteiger charge is 2.18. The largest absolute Gasteiger partial charge is 0.484 e. The highest BCUT2D eigenvalue weighted by atomic mass is 35.5. The highest BCUT2D eigenvalue weighted by Crippen LogP contribution is 2.25. The van der Waals surface area contributed by atoms with Crippen LogP contribution in [0.2, 0.25) is 5.02 Å². The molecule has 0 aliphatic rings. The van der Waals surface area contributed by atoms with Gasteiger partial charge in [-0.3, -0.25) is 9.69 Å². The third-order valence-electron chi connectivity index (χ3n) is 3.99. The van der Waals surface area contributed by atoms with E-state index in [1.807, 2.05) is 64.0 Å². The molecule has 0 radical (unpaired) electrons. The maximum Gasteiger partial charge on any atom is 0.258 e. The van der Waals surface area contributed by atoms with E-state index in [2.05, 4.69) is 5.32 Å². The summed E-state index contributed by atoms with van der Waals surface area (Å²) in [5.41, 5.74) is 1.86. The minimum atomic E-state index is -0.180. The minimum absolute atomic E-state index is 0.0299. The lowest BCUT2D eigenvalue weighted by atomic mass is 10.1. The van der Waals surface area contributed by atoms with Gasteiger partial charge in [-0.2, -0.15) is 0 Å². The number of carbonyl (C=O) groups excluding carboxylic acids is 1. The van der Waals surface area contributed by atoms with E-state index in [0.717, 1.165) is 27.7 Å². The predicted molar refractivity (Wildman–Crippen MR) is 99.3 cm³/mol. The van der Waals surface area contributed by atoms with E-state index in [0.29, 0.717) is 12.3 Å². The molecule has 0 saturated heterocycles. The summed E-state index contributed by atoms with van der Waals surface area (Å²) in [7, 11) is 3.90. The molecular formula is C19H25ClN2O3. The van der Waals surface area contributed by atoms with Crippen LogP contribution in [-0.2, 0) is 4.79 Å². The molecule has 0 unspecified atom stereocenters. The van der Waals surface area contributed by atoms with Crippen LogP contribution in [0.15, 0.2) is 28.7 Å². The van der Waals surface area contributed by atoms with E-state index in [1.54, 1.807) is 0 Å². The van der Waals surface area contributed by atoms with E-state index < -0.39 is 0 Å². The number of nitrogens with one attached hydrogen (secondary N) is 1. The van der Waals surface area contributed by atoms with Gasteiger partial charge in [0.25, 0.3) is 5.91 Å². The summed E-state index contributed by atoms with van der Waals surface area (Å²) in [5, 5.41) is 3.61. The smallest absolute Gasteiger partial charge is 0.258 e. The van der Waals surface area contributed by atoms with Crippen LogP contribution in [0.1, 0.15) is 28.7 Å². The number of nitrogens with zero attached hydrogens (tertiary/aromatic N) is 1. The Bertz CT molecular complexity index is 717. The molecule has 1 heterocycles. The van der Waals surface area contributed by atoms with Crippen molar-refractivity contribution in [3.8, 4) is 5.75 Å². The number of carbonyl (C=O) groups is 1. The molecule has 136 valence electrons. The van der Waals surface area contributed by atoms with Gasteiger partial charge in [0.1, 0.15) is 17.3 Å². The van der Waals surface area contributed by atoms with Crippen LogP contribution in [0.25, 0.3) is 0 Å². The van der Waals surface area contributed by atoms with Crippen LogP contribution in [-0.4, -0.2) is 38.1 Å². The molecule has 0 aliphatic heterocycles. The second-order valence-electron chi connectivity index (χ2n) is 6.39. The molecule has 2 aromatic rings. The van der Waals surface area contributed by atoms with Gasteiger partial charge in [-0.25, -0.2) is 0 Å². The lowest BCUT2D eigenvalue weighted by Gasteiger charge is -2.22. The quantitative estimate of drug-likeness (QED) is 0.814. The second kappa shape index (κ2) is 8.41. The second-order valence-corrected chi connectivity index (χ2v) is 6.77. The van der Waals surface area contributed by atoms with Crippen LogP contribution in [0, 0.1) is 20.8 Å². The first-order chi connectivity index (χ1) is 11.8. The van der Waals surface area contributed by atoms with Crippen molar-refractivity contribution < 1.29 is 13.9 Å². The topological polar surface area (TPSA) is 54.7 Å². The Hall–Kier alpha value is -1.98. The number of rotatable bonds is 7. The summed E-state index contributed by atoms with van der Waals surface area (Å²) in [4.78, 5) is 14.1. The summed E-state index contributed by atoms with van der Waals surface area (Å²) in [5.74, 6) is 2.14. The van der Waals surface area contributed by atoms with Crippen LogP contribution in [0.5, 0.6) is 5.75 Å². The maximum absolute atomic E-state index is 12.1. The Balaban J connectivity index is 1.89. The van der Waals surface area contributed by atoms with Gasteiger partial charge < -0.3 is 14.5 Å². The number of ether oxygens (including phenoxy) is 1. The van der Waals surface area contributed by atoms with Gasteiger partial charge in [-0.15, -0.1) is 0 Å². The summed E-state index contributed by atoms with van der Waals surface area (Å²) in [6.07, 6.45) is 0. The van der Waals surface area contributed by atoms with Crippen molar-refractivity contribution >= 4 is 17.5 Å². The van der Waals surface area contributed by atoms with Crippen LogP contribution < -0.4 is 10.1 Å². The molecule has 0 spiro atoms. The number of halogens is 1. The zero-order chi connectivity index (χ0) is 18.6. The molecule has 1 amide bonds. The monoisotopic (exact) mass is 364 g/mol. The Kier molecular flexibility index (Phi) is 6.51. The average molecular weight is 365 g/mol. The summed E-state index contributed by atoms with van der Waals surface area (Å²) < 4.78 is 11.2. The van der Waals surface area contributed by atoms with Gasteiger partial charge in [0.05, 0.1) is 6.04 Å². The van der Waals surface area contributed by atoms with Gasteiger partial charge in [0.15, 0.2) is 6.61 Å². The molecule has 1 atom stereocenters. The zero-order valence-corrected chi connectivity index (χ0v) is 16.1. The number of likely N-dealkylation sites (N-methyl/N-ethyl adjacent to an activating group) is 1. The van der Waals surface area contributed by atoms with Gasteiger partial charge in [0, 0.05) is 11.6 Å². The van der Waals surface area contributed by atoms with Gasteiger partial charge in [-0.05, 0) is 70.3 Å². The fraction of sp³-hybridized carbons (Fsp3) is 0.421. The van der Waals surface area contributed by atoms with Gasteiger partial charge in [-0.1, -0.05) is 11.6 Å². The fourth-order valence-electron chi connectivity index (χ4n) is 2.57. The Labute approximate surface area is 153 Å². The van der Waals surface area contributed by atoms with Crippen molar-refractivity contribution in [1.82, 2.24) is 10.2 Å². The minimum Gasteiger partial charge on any atom is -0.484 e. The third-order valence-corrected chi connectivity index (χ3v) is 4.58. The van der Waals surface area contributed by atoms with Crippen LogP contribution in [0.4, 0.5) is 0 Å². The zero-order valence-electron chi connectivity index (χ0n) is 15.4. The number of hydrogen-bond donors (Lipinski definition) is 1. The van der Waals surface area contributed by atoms with Crippen molar-refractivity contribution in [2.24, 2.45) is 0 Å². The molecule has 0 fully saturated rings. The summed E-state index contributed by atoms with van der Waals surface area (Å²) in [6, 6.07) is 7.48. The molecular weight excluding hydrogens is 340 g/mol. The van der Waals surface area contributed by atoms with Crippen molar-refractivity contribution in [2.45, 2.75) is 26.8 Å². The number of furan rings is 1. The van der Waals surface area contributed by atoms with E-state index in [1.165, 1.54) is 0 Å². The SMILES string of the molecule is Cc1ccc([C@@H](CNC(=O)COc2cc(C)c(Cl)c(C)c2)N(C)C)o1. The van der Waals surface area contributed by atoms with Crippen molar-refractivity contribution in [3.63, 3.8) is 0 Å². The molecule has 1 aromatic heterocycles. The first-order valence-electron chi connectivity index (χ1n) is 8.17. The Morgan fingerprint density at radius 2 is 1.88 bits per heavy atom. The fourth-order valence-corrected chi connectivity index (χ4v) is 2.68. The Morgan fingerprint density at radius 3 is 2.40 bits per heavy atom. The normalized spacial score (nSPS) is 12.3. The van der Waals surface area contributed by atoms with E-state index in [-0.39, 0.29) is 18.6 Å². The highest BCUT2D eigenvalue weighted by molar-refractivity contribution is 6.32. The number of aryl methyl sites for hydroxylation is 3. The lowest BCUT2D eigenvalue weighted by molar-refractivity contribution is -0.123. The lowest BCUT2D eigenvalue weighted by Crippen LogP contribution is -2.36. The van der Waals surface area contributed by atoms with E-state index in [4.69, 9.17) is 20.8 Å². The Morgan fingerprint density at radius 1 is 1.24 bits per heavy atom. The molecule has 1 aromatic carbocycles. The van der Waals surface area contributed by atoms with Crippen LogP contribution in [0.3, 0.4) is 0 Å². The number of amides is 1. The molecule has 0 saturated carbocycles. The standard InChI is InChI=1S/C19H25ClN2O3/c1-12-8-15(9-13(2)19(12)20)24-11-18(23)21-10-16(22(4)5)17-7-6-14(3)25-17/h6-9,16H,10-11H2,1-5H3,(H,21,23)/t16-/m1/s1. The first kappa shape index (κ1) is 19.3. The molecule has 6 heteroatoms. The van der Waals surface area contributed by atoms with Gasteiger partial charge >= 0.3 is 0 Å². The number of benzene rings is 1. The summed E-state index contributed by atoms with van der Waals surface area (Å²) in [6.45, 7) is 6.13.